The highest BCUT2D eigenvalue weighted by Crippen LogP contribution is 2.28. The van der Waals surface area contributed by atoms with Gasteiger partial charge in [0.25, 0.3) is 5.91 Å². The Morgan fingerprint density at radius 2 is 1.82 bits per heavy atom. The van der Waals surface area contributed by atoms with E-state index in [4.69, 9.17) is 17.3 Å². The predicted octanol–water partition coefficient (Wildman–Crippen LogP) is 2.41. The highest BCUT2D eigenvalue weighted by atomic mass is 35.5. The van der Waals surface area contributed by atoms with Crippen LogP contribution in [0.5, 0.6) is 0 Å². The van der Waals surface area contributed by atoms with Gasteiger partial charge in [0.1, 0.15) is 24.1 Å². The van der Waals surface area contributed by atoms with Gasteiger partial charge in [0.05, 0.1) is 12.1 Å². The van der Waals surface area contributed by atoms with Crippen LogP contribution in [0.4, 0.5) is 5.82 Å². The highest BCUT2D eigenvalue weighted by Gasteiger charge is 2.34. The summed E-state index contributed by atoms with van der Waals surface area (Å²) in [6.07, 6.45) is 5.27. The Bertz CT molecular complexity index is 1450. The topological polar surface area (TPSA) is 144 Å². The standard InChI is InChI=1S/C28H32ClN7O4/c29-23-5-4-6-24(31-23)32-25(38)16-35(19-8-9-19)26(39)17-36-22-10-7-18(14-21(22)27(33-36)28(30)40)13-20(37)15-34-11-2-1-3-12-34/h4-7,10,14,19H,1-3,8-9,11-13,15-17H2,(H2,30,40)(H,31,32,38). The lowest BCUT2D eigenvalue weighted by Crippen LogP contribution is -2.41. The van der Waals surface area contributed by atoms with Crippen molar-refractivity contribution in [2.24, 2.45) is 5.73 Å². The summed E-state index contributed by atoms with van der Waals surface area (Å²) in [6.45, 7) is 1.97. The molecule has 3 aromatic rings. The van der Waals surface area contributed by atoms with Gasteiger partial charge in [0.15, 0.2) is 11.5 Å². The van der Waals surface area contributed by atoms with Gasteiger partial charge in [-0.2, -0.15) is 5.10 Å². The molecule has 0 atom stereocenters. The number of rotatable bonds is 11. The minimum absolute atomic E-state index is 0.0378. The Morgan fingerprint density at radius 1 is 1.05 bits per heavy atom. The maximum atomic E-state index is 13.3. The third-order valence-electron chi connectivity index (χ3n) is 7.19. The Balaban J connectivity index is 1.29. The monoisotopic (exact) mass is 565 g/mol. The van der Waals surface area contributed by atoms with Gasteiger partial charge in [0, 0.05) is 17.8 Å². The molecule has 1 aromatic carbocycles. The van der Waals surface area contributed by atoms with E-state index in [9.17, 15) is 19.2 Å². The van der Waals surface area contributed by atoms with Crippen molar-refractivity contribution in [3.63, 3.8) is 0 Å². The van der Waals surface area contributed by atoms with Crippen LogP contribution in [0.1, 0.15) is 48.2 Å². The SMILES string of the molecule is NC(=O)c1nn(CC(=O)N(CC(=O)Nc2cccc(Cl)n2)C2CC2)c2ccc(CC(=O)CN3CCCCC3)cc12. The average Bonchev–Trinajstić information content (AvgIpc) is 3.69. The second-order valence-corrected chi connectivity index (χ2v) is 10.8. The van der Waals surface area contributed by atoms with Crippen LogP contribution in [0.15, 0.2) is 36.4 Å². The molecule has 0 radical (unpaired) electrons. The van der Waals surface area contributed by atoms with Crippen LogP contribution in [0.3, 0.4) is 0 Å². The number of piperidine rings is 1. The van der Waals surface area contributed by atoms with Crippen molar-refractivity contribution in [2.45, 2.75) is 51.1 Å². The first-order valence-electron chi connectivity index (χ1n) is 13.5. The number of benzene rings is 1. The molecule has 1 aliphatic heterocycles. The minimum atomic E-state index is -0.722. The summed E-state index contributed by atoms with van der Waals surface area (Å²) < 4.78 is 1.43. The number of fused-ring (bicyclic) bond motifs is 1. The van der Waals surface area contributed by atoms with Gasteiger partial charge in [-0.25, -0.2) is 4.98 Å². The van der Waals surface area contributed by atoms with Crippen molar-refractivity contribution in [3.8, 4) is 0 Å². The summed E-state index contributed by atoms with van der Waals surface area (Å²) in [6, 6.07) is 10.2. The molecule has 2 fully saturated rings. The van der Waals surface area contributed by atoms with E-state index in [1.165, 1.54) is 16.0 Å². The number of ketones is 1. The number of halogens is 1. The van der Waals surface area contributed by atoms with Gasteiger partial charge in [-0.1, -0.05) is 30.2 Å². The maximum absolute atomic E-state index is 13.3. The van der Waals surface area contributed by atoms with Crippen LogP contribution in [-0.4, -0.2) is 80.3 Å². The van der Waals surface area contributed by atoms with Crippen molar-refractivity contribution in [2.75, 3.05) is 31.5 Å². The molecule has 3 heterocycles. The number of hydrogen-bond donors (Lipinski definition) is 2. The maximum Gasteiger partial charge on any atom is 0.269 e. The summed E-state index contributed by atoms with van der Waals surface area (Å²) in [4.78, 5) is 58.7. The van der Waals surface area contributed by atoms with E-state index in [-0.39, 0.29) is 48.1 Å². The predicted molar refractivity (Wildman–Crippen MR) is 150 cm³/mol. The summed E-state index contributed by atoms with van der Waals surface area (Å²) in [5.41, 5.74) is 6.96. The third-order valence-corrected chi connectivity index (χ3v) is 7.40. The molecule has 0 unspecified atom stereocenters. The Labute approximate surface area is 236 Å². The first-order valence-corrected chi connectivity index (χ1v) is 13.9. The van der Waals surface area contributed by atoms with E-state index in [2.05, 4.69) is 20.3 Å². The third kappa shape index (κ3) is 6.83. The molecular formula is C28H32ClN7O4. The number of primary amides is 1. The van der Waals surface area contributed by atoms with Gasteiger partial charge in [-0.3, -0.25) is 28.8 Å². The molecule has 3 amide bonds. The highest BCUT2D eigenvalue weighted by molar-refractivity contribution is 6.29. The van der Waals surface area contributed by atoms with Crippen LogP contribution in [0.2, 0.25) is 5.15 Å². The molecule has 2 aromatic heterocycles. The fourth-order valence-corrected chi connectivity index (χ4v) is 5.29. The Kier molecular flexibility index (Phi) is 8.41. The fraction of sp³-hybridized carbons (Fsp3) is 0.429. The molecule has 12 heteroatoms. The first kappa shape index (κ1) is 27.7. The Morgan fingerprint density at radius 3 is 2.52 bits per heavy atom. The smallest absolute Gasteiger partial charge is 0.269 e. The van der Waals surface area contributed by atoms with Gasteiger partial charge < -0.3 is 16.0 Å². The van der Waals surface area contributed by atoms with E-state index in [0.29, 0.717) is 23.3 Å². The number of hydrogen-bond acceptors (Lipinski definition) is 7. The van der Waals surface area contributed by atoms with Gasteiger partial charge in [-0.05, 0) is 68.6 Å². The minimum Gasteiger partial charge on any atom is -0.364 e. The van der Waals surface area contributed by atoms with Crippen LogP contribution < -0.4 is 11.1 Å². The average molecular weight is 566 g/mol. The lowest BCUT2D eigenvalue weighted by molar-refractivity contribution is -0.135. The van der Waals surface area contributed by atoms with E-state index in [0.717, 1.165) is 44.3 Å². The zero-order valence-electron chi connectivity index (χ0n) is 22.1. The van der Waals surface area contributed by atoms with Crippen molar-refractivity contribution in [3.05, 3.63) is 52.8 Å². The number of Topliss-reactive ketones (excluding diaryl/α,β-unsaturated/α-hetero) is 1. The quantitative estimate of drug-likeness (QED) is 0.340. The number of nitrogens with two attached hydrogens (primary N) is 1. The molecule has 11 nitrogen and oxygen atoms in total. The van der Waals surface area contributed by atoms with Crippen LogP contribution >= 0.6 is 11.6 Å². The molecule has 210 valence electrons. The summed E-state index contributed by atoms with van der Waals surface area (Å²) in [5, 5.41) is 7.75. The summed E-state index contributed by atoms with van der Waals surface area (Å²) in [5.74, 6) is -1.01. The normalized spacial score (nSPS) is 15.6. The number of likely N-dealkylation sites (tertiary alicyclic amines) is 1. The van der Waals surface area contributed by atoms with Crippen molar-refractivity contribution in [1.29, 1.82) is 0 Å². The lowest BCUT2D eigenvalue weighted by atomic mass is 10.0. The fourth-order valence-electron chi connectivity index (χ4n) is 5.13. The van der Waals surface area contributed by atoms with Crippen molar-refractivity contribution in [1.82, 2.24) is 24.6 Å². The van der Waals surface area contributed by atoms with Crippen LogP contribution in [0, 0.1) is 0 Å². The number of pyridine rings is 1. The molecule has 1 aliphatic carbocycles. The Hall–Kier alpha value is -3.83. The molecule has 5 rings (SSSR count). The molecular weight excluding hydrogens is 534 g/mol. The number of carbonyl (C=O) groups excluding carboxylic acids is 4. The molecule has 1 saturated carbocycles. The second-order valence-electron chi connectivity index (χ2n) is 10.4. The molecule has 3 N–H and O–H groups in total. The molecule has 40 heavy (non-hydrogen) atoms. The number of nitrogens with zero attached hydrogens (tertiary/aromatic N) is 5. The number of aromatic nitrogens is 3. The zero-order chi connectivity index (χ0) is 28.2. The van der Waals surface area contributed by atoms with E-state index < -0.39 is 11.8 Å². The number of amides is 3. The van der Waals surface area contributed by atoms with Crippen LogP contribution in [0.25, 0.3) is 10.9 Å². The molecule has 2 aliphatic rings. The number of carbonyl (C=O) groups is 4. The van der Waals surface area contributed by atoms with Gasteiger partial charge >= 0.3 is 0 Å². The van der Waals surface area contributed by atoms with E-state index in [1.54, 1.807) is 30.3 Å². The second kappa shape index (κ2) is 12.1. The lowest BCUT2D eigenvalue weighted by Gasteiger charge is -2.25. The van der Waals surface area contributed by atoms with Gasteiger partial charge in [-0.15, -0.1) is 0 Å². The summed E-state index contributed by atoms with van der Waals surface area (Å²) >= 11 is 5.89. The number of nitrogens with one attached hydrogen (secondary N) is 1. The van der Waals surface area contributed by atoms with Crippen molar-refractivity contribution >= 4 is 51.8 Å². The molecule has 0 bridgehead atoms. The largest absolute Gasteiger partial charge is 0.364 e. The van der Waals surface area contributed by atoms with Crippen LogP contribution in [-0.2, 0) is 27.3 Å². The first-order chi connectivity index (χ1) is 19.3. The van der Waals surface area contributed by atoms with E-state index in [1.807, 2.05) is 6.07 Å². The molecule has 0 spiro atoms. The molecule has 1 saturated heterocycles. The summed E-state index contributed by atoms with van der Waals surface area (Å²) in [7, 11) is 0. The van der Waals surface area contributed by atoms with Gasteiger partial charge in [0.2, 0.25) is 11.8 Å². The van der Waals surface area contributed by atoms with E-state index >= 15 is 0 Å². The number of anilines is 1. The zero-order valence-corrected chi connectivity index (χ0v) is 22.9. The van der Waals surface area contributed by atoms with Crippen molar-refractivity contribution < 1.29 is 19.2 Å².